The Morgan fingerprint density at radius 2 is 1.85 bits per heavy atom. The summed E-state index contributed by atoms with van der Waals surface area (Å²) in [5, 5.41) is 14.5. The van der Waals surface area contributed by atoms with Gasteiger partial charge in [-0.25, -0.2) is 9.48 Å². The lowest BCUT2D eigenvalue weighted by Crippen LogP contribution is -2.05. The molecule has 0 saturated carbocycles. The van der Waals surface area contributed by atoms with Gasteiger partial charge in [-0.1, -0.05) is 34.8 Å². The van der Waals surface area contributed by atoms with Crippen molar-refractivity contribution in [2.45, 2.75) is 19.3 Å². The number of hydrogen-bond donors (Lipinski definition) is 1. The van der Waals surface area contributed by atoms with Gasteiger partial charge in [0, 0.05) is 16.3 Å². The molecule has 1 N–H and O–H groups in total. The van der Waals surface area contributed by atoms with Crippen molar-refractivity contribution in [2.24, 2.45) is 0 Å². The van der Waals surface area contributed by atoms with E-state index >= 15 is 0 Å². The van der Waals surface area contributed by atoms with Crippen LogP contribution in [0.3, 0.4) is 0 Å². The van der Waals surface area contributed by atoms with Crippen molar-refractivity contribution in [1.29, 1.82) is 0 Å². The summed E-state index contributed by atoms with van der Waals surface area (Å²) in [6, 6.07) is 3.13. The predicted octanol–water partition coefficient (Wildman–Crippen LogP) is 4.02. The van der Waals surface area contributed by atoms with Gasteiger partial charge >= 0.3 is 5.97 Å². The minimum atomic E-state index is -1.04. The first-order chi connectivity index (χ1) is 9.49. The van der Waals surface area contributed by atoms with Crippen LogP contribution < -0.4 is 0 Å². The van der Waals surface area contributed by atoms with Gasteiger partial charge in [0.1, 0.15) is 5.69 Å². The molecule has 1 aromatic heterocycles. The van der Waals surface area contributed by atoms with Gasteiger partial charge in [0.2, 0.25) is 0 Å². The molecule has 1 aromatic carbocycles. The fourth-order valence-corrected chi connectivity index (χ4v) is 3.51. The summed E-state index contributed by atoms with van der Waals surface area (Å²) in [6.45, 7) is 0. The number of aromatic nitrogens is 2. The first kappa shape index (κ1) is 13.7. The van der Waals surface area contributed by atoms with Crippen molar-refractivity contribution >= 4 is 40.8 Å². The van der Waals surface area contributed by atoms with E-state index in [1.165, 1.54) is 4.68 Å². The van der Waals surface area contributed by atoms with Crippen molar-refractivity contribution in [2.75, 3.05) is 0 Å². The lowest BCUT2D eigenvalue weighted by molar-refractivity contribution is 0.0689. The minimum absolute atomic E-state index is 0.0691. The molecule has 4 nitrogen and oxygen atoms in total. The molecule has 1 aliphatic rings. The van der Waals surface area contributed by atoms with Crippen LogP contribution in [0.4, 0.5) is 0 Å². The summed E-state index contributed by atoms with van der Waals surface area (Å²) < 4.78 is 1.53. The van der Waals surface area contributed by atoms with Gasteiger partial charge < -0.3 is 5.11 Å². The molecule has 0 fully saturated rings. The highest BCUT2D eigenvalue weighted by molar-refractivity contribution is 6.40. The van der Waals surface area contributed by atoms with E-state index in [2.05, 4.69) is 5.10 Å². The van der Waals surface area contributed by atoms with Crippen LogP contribution in [0, 0.1) is 0 Å². The highest BCUT2D eigenvalue weighted by Gasteiger charge is 2.28. The quantitative estimate of drug-likeness (QED) is 0.904. The van der Waals surface area contributed by atoms with E-state index in [0.717, 1.165) is 24.1 Å². The van der Waals surface area contributed by atoms with Crippen molar-refractivity contribution in [3.8, 4) is 5.69 Å². The molecular formula is C13H9Cl3N2O2. The normalized spacial score (nSPS) is 13.6. The Balaban J connectivity index is 2.27. The Labute approximate surface area is 129 Å². The van der Waals surface area contributed by atoms with Crippen LogP contribution in [0.2, 0.25) is 15.1 Å². The third kappa shape index (κ3) is 2.08. The molecular weight excluding hydrogens is 323 g/mol. The van der Waals surface area contributed by atoms with Crippen LogP contribution in [-0.4, -0.2) is 20.9 Å². The topological polar surface area (TPSA) is 55.1 Å². The van der Waals surface area contributed by atoms with Crippen molar-refractivity contribution in [1.82, 2.24) is 9.78 Å². The Kier molecular flexibility index (Phi) is 3.40. The Bertz CT molecular complexity index is 702. The molecule has 0 aliphatic heterocycles. The molecule has 0 unspecified atom stereocenters. The van der Waals surface area contributed by atoms with Crippen LogP contribution in [0.5, 0.6) is 0 Å². The maximum absolute atomic E-state index is 11.3. The molecule has 3 rings (SSSR count). The van der Waals surface area contributed by atoms with Crippen LogP contribution in [-0.2, 0) is 12.8 Å². The number of hydrogen-bond acceptors (Lipinski definition) is 2. The van der Waals surface area contributed by atoms with Crippen molar-refractivity contribution < 1.29 is 9.90 Å². The molecule has 1 heterocycles. The van der Waals surface area contributed by atoms with E-state index in [-0.39, 0.29) is 5.69 Å². The van der Waals surface area contributed by atoms with Crippen LogP contribution in [0.25, 0.3) is 5.69 Å². The van der Waals surface area contributed by atoms with Gasteiger partial charge in [0.05, 0.1) is 10.0 Å². The number of nitrogens with zero attached hydrogens (tertiary/aromatic N) is 2. The molecule has 0 saturated heterocycles. The average molecular weight is 332 g/mol. The van der Waals surface area contributed by atoms with Crippen molar-refractivity contribution in [3.63, 3.8) is 0 Å². The fourth-order valence-electron chi connectivity index (χ4n) is 2.53. The summed E-state index contributed by atoms with van der Waals surface area (Å²) in [7, 11) is 0. The minimum Gasteiger partial charge on any atom is -0.476 e. The van der Waals surface area contributed by atoms with Crippen LogP contribution >= 0.6 is 34.8 Å². The number of aromatic carboxylic acids is 1. The molecule has 7 heteroatoms. The molecule has 2 aromatic rings. The fraction of sp³-hybridized carbons (Fsp3) is 0.231. The summed E-state index contributed by atoms with van der Waals surface area (Å²) in [5.74, 6) is -1.04. The number of carboxylic acids is 1. The zero-order valence-electron chi connectivity index (χ0n) is 10.2. The molecule has 0 amide bonds. The number of carbonyl (C=O) groups is 1. The smallest absolute Gasteiger partial charge is 0.356 e. The lowest BCUT2D eigenvalue weighted by atomic mass is 10.2. The van der Waals surface area contributed by atoms with E-state index in [1.807, 2.05) is 0 Å². The zero-order valence-corrected chi connectivity index (χ0v) is 12.4. The van der Waals surface area contributed by atoms with E-state index in [9.17, 15) is 9.90 Å². The third-order valence-corrected chi connectivity index (χ3v) is 4.12. The van der Waals surface area contributed by atoms with Gasteiger partial charge in [0.15, 0.2) is 5.69 Å². The Hall–Kier alpha value is -1.23. The number of fused-ring (bicyclic) bond motifs is 1. The first-order valence-electron chi connectivity index (χ1n) is 5.98. The monoisotopic (exact) mass is 330 g/mol. The predicted molar refractivity (Wildman–Crippen MR) is 77.6 cm³/mol. The van der Waals surface area contributed by atoms with E-state index in [0.29, 0.717) is 27.2 Å². The number of benzene rings is 1. The number of carboxylic acid groups (broad SMARTS) is 1. The largest absolute Gasteiger partial charge is 0.476 e. The second kappa shape index (κ2) is 4.95. The zero-order chi connectivity index (χ0) is 14.4. The van der Waals surface area contributed by atoms with Gasteiger partial charge in [-0.05, 0) is 31.4 Å². The van der Waals surface area contributed by atoms with Crippen LogP contribution in [0.15, 0.2) is 12.1 Å². The van der Waals surface area contributed by atoms with E-state index in [1.54, 1.807) is 12.1 Å². The first-order valence-corrected chi connectivity index (χ1v) is 7.11. The van der Waals surface area contributed by atoms with Gasteiger partial charge in [0.25, 0.3) is 0 Å². The molecule has 1 aliphatic carbocycles. The van der Waals surface area contributed by atoms with Gasteiger partial charge in [-0.3, -0.25) is 0 Å². The molecule has 20 heavy (non-hydrogen) atoms. The van der Waals surface area contributed by atoms with E-state index in [4.69, 9.17) is 34.8 Å². The highest BCUT2D eigenvalue weighted by Crippen LogP contribution is 2.36. The maximum Gasteiger partial charge on any atom is 0.356 e. The second-order valence-corrected chi connectivity index (χ2v) is 5.81. The highest BCUT2D eigenvalue weighted by atomic mass is 35.5. The van der Waals surface area contributed by atoms with Gasteiger partial charge in [-0.2, -0.15) is 5.10 Å². The molecule has 0 spiro atoms. The summed E-state index contributed by atoms with van der Waals surface area (Å²) in [5.41, 5.74) is 2.16. The Morgan fingerprint density at radius 1 is 1.20 bits per heavy atom. The number of rotatable bonds is 2. The number of halogens is 3. The summed E-state index contributed by atoms with van der Waals surface area (Å²) >= 11 is 18.3. The third-order valence-electron chi connectivity index (χ3n) is 3.33. The van der Waals surface area contributed by atoms with E-state index < -0.39 is 5.97 Å². The molecule has 0 radical (unpaired) electrons. The standard InChI is InChI=1S/C13H9Cl3N2O2/c14-6-4-8(15)12(9(16)5-6)18-10-3-1-2-7(10)11(17-18)13(19)20/h4-5H,1-3H2,(H,19,20). The van der Waals surface area contributed by atoms with Crippen LogP contribution in [0.1, 0.15) is 28.2 Å². The molecule has 104 valence electrons. The second-order valence-electron chi connectivity index (χ2n) is 4.56. The van der Waals surface area contributed by atoms with Gasteiger partial charge in [-0.15, -0.1) is 0 Å². The molecule has 0 atom stereocenters. The lowest BCUT2D eigenvalue weighted by Gasteiger charge is -2.10. The molecule has 0 bridgehead atoms. The van der Waals surface area contributed by atoms with Crippen molar-refractivity contribution in [3.05, 3.63) is 44.2 Å². The SMILES string of the molecule is O=C(O)c1nn(-c2c(Cl)cc(Cl)cc2Cl)c2c1CCC2. The Morgan fingerprint density at radius 3 is 2.45 bits per heavy atom. The summed E-state index contributed by atoms with van der Waals surface area (Å²) in [4.78, 5) is 11.3. The maximum atomic E-state index is 11.3. The average Bonchev–Trinajstić information content (AvgIpc) is 2.90. The summed E-state index contributed by atoms with van der Waals surface area (Å²) in [6.07, 6.45) is 2.36.